The first kappa shape index (κ1) is 22.2. The molecule has 0 unspecified atom stereocenters. The fourth-order valence-corrected chi connectivity index (χ4v) is 4.84. The van der Waals surface area contributed by atoms with Crippen molar-refractivity contribution in [1.82, 2.24) is 9.78 Å². The van der Waals surface area contributed by atoms with E-state index in [2.05, 4.69) is 10.4 Å². The normalized spacial score (nSPS) is 13.1. The molecule has 2 aromatic heterocycles. The van der Waals surface area contributed by atoms with Crippen molar-refractivity contribution in [2.45, 2.75) is 26.5 Å². The highest BCUT2D eigenvalue weighted by molar-refractivity contribution is 7.20. The van der Waals surface area contributed by atoms with Gasteiger partial charge in [0.25, 0.3) is 5.91 Å². The highest BCUT2D eigenvalue weighted by Crippen LogP contribution is 2.34. The molecule has 1 atom stereocenters. The molecule has 34 heavy (non-hydrogen) atoms. The second-order valence-electron chi connectivity index (χ2n) is 7.77. The number of anilines is 1. The molecule has 3 heterocycles. The summed E-state index contributed by atoms with van der Waals surface area (Å²) in [5, 5.41) is 8.82. The molecule has 0 spiro atoms. The molecule has 0 fully saturated rings. The third-order valence-corrected chi connectivity index (χ3v) is 6.88. The average Bonchev–Trinajstić information content (AvgIpc) is 3.52. The second kappa shape index (κ2) is 9.00. The van der Waals surface area contributed by atoms with Crippen molar-refractivity contribution in [2.75, 3.05) is 12.1 Å². The molecule has 1 amide bonds. The fourth-order valence-electron chi connectivity index (χ4n) is 3.60. The number of thiophene rings is 1. The quantitative estimate of drug-likeness (QED) is 0.376. The maximum atomic E-state index is 12.8. The van der Waals surface area contributed by atoms with Gasteiger partial charge >= 0.3 is 5.97 Å². The molecule has 1 N–H and O–H groups in total. The molecular formula is C24H20ClN3O5S. The molecule has 0 saturated carbocycles. The van der Waals surface area contributed by atoms with Crippen LogP contribution in [-0.2, 0) is 16.1 Å². The molecule has 10 heteroatoms. The van der Waals surface area contributed by atoms with E-state index in [-0.39, 0.29) is 6.79 Å². The van der Waals surface area contributed by atoms with Crippen LogP contribution in [0.2, 0.25) is 5.02 Å². The zero-order valence-electron chi connectivity index (χ0n) is 18.3. The molecule has 0 bridgehead atoms. The smallest absolute Gasteiger partial charge is 0.349 e. The van der Waals surface area contributed by atoms with E-state index < -0.39 is 18.0 Å². The summed E-state index contributed by atoms with van der Waals surface area (Å²) >= 11 is 7.57. The number of halogens is 1. The van der Waals surface area contributed by atoms with Gasteiger partial charge in [0.05, 0.1) is 12.2 Å². The lowest BCUT2D eigenvalue weighted by Crippen LogP contribution is -2.29. The number of nitrogens with one attached hydrogen (secondary N) is 1. The summed E-state index contributed by atoms with van der Waals surface area (Å²) in [5.74, 6) is 0.146. The molecule has 4 aromatic rings. The zero-order chi connectivity index (χ0) is 23.8. The van der Waals surface area contributed by atoms with Crippen LogP contribution in [0.4, 0.5) is 5.69 Å². The largest absolute Gasteiger partial charge is 0.454 e. The molecule has 0 aliphatic carbocycles. The molecule has 1 aliphatic rings. The number of rotatable bonds is 6. The molecular weight excluding hydrogens is 478 g/mol. The second-order valence-corrected chi connectivity index (χ2v) is 9.21. The number of carbonyl (C=O) groups is 2. The third kappa shape index (κ3) is 4.32. The Morgan fingerprint density at radius 1 is 1.21 bits per heavy atom. The van der Waals surface area contributed by atoms with Gasteiger partial charge in [0.1, 0.15) is 9.71 Å². The molecule has 0 radical (unpaired) electrons. The number of hydrogen-bond donors (Lipinski definition) is 1. The van der Waals surface area contributed by atoms with Crippen LogP contribution in [-0.4, -0.2) is 34.6 Å². The first-order valence-electron chi connectivity index (χ1n) is 10.5. The Morgan fingerprint density at radius 3 is 2.82 bits per heavy atom. The first-order valence-corrected chi connectivity index (χ1v) is 11.7. The lowest BCUT2D eigenvalue weighted by Gasteiger charge is -2.13. The Balaban J connectivity index is 1.28. The van der Waals surface area contributed by atoms with Crippen LogP contribution in [0.3, 0.4) is 0 Å². The Bertz CT molecular complexity index is 1410. The van der Waals surface area contributed by atoms with Gasteiger partial charge in [-0.25, -0.2) is 4.79 Å². The predicted octanol–water partition coefficient (Wildman–Crippen LogP) is 5.02. The van der Waals surface area contributed by atoms with Crippen molar-refractivity contribution < 1.29 is 23.8 Å². The molecule has 1 aliphatic heterocycles. The molecule has 0 saturated heterocycles. The summed E-state index contributed by atoms with van der Waals surface area (Å²) in [7, 11) is 0. The van der Waals surface area contributed by atoms with E-state index in [0.717, 1.165) is 21.5 Å². The van der Waals surface area contributed by atoms with Crippen LogP contribution in [0.15, 0.2) is 48.5 Å². The van der Waals surface area contributed by atoms with Crippen molar-refractivity contribution in [3.05, 3.63) is 69.7 Å². The van der Waals surface area contributed by atoms with Crippen molar-refractivity contribution in [2.24, 2.45) is 0 Å². The van der Waals surface area contributed by atoms with E-state index in [1.807, 2.05) is 35.9 Å². The van der Waals surface area contributed by atoms with Gasteiger partial charge in [-0.05, 0) is 43.7 Å². The van der Waals surface area contributed by atoms with Crippen LogP contribution < -0.4 is 14.8 Å². The van der Waals surface area contributed by atoms with Crippen LogP contribution in [0.5, 0.6) is 11.5 Å². The van der Waals surface area contributed by atoms with Gasteiger partial charge in [0.15, 0.2) is 17.6 Å². The topological polar surface area (TPSA) is 91.7 Å². The van der Waals surface area contributed by atoms with E-state index in [1.165, 1.54) is 18.3 Å². The summed E-state index contributed by atoms with van der Waals surface area (Å²) in [5.41, 5.74) is 2.25. The van der Waals surface area contributed by atoms with Crippen molar-refractivity contribution in [3.8, 4) is 11.5 Å². The van der Waals surface area contributed by atoms with Gasteiger partial charge in [-0.15, -0.1) is 11.3 Å². The van der Waals surface area contributed by atoms with Gasteiger partial charge in [-0.2, -0.15) is 5.10 Å². The predicted molar refractivity (Wildman–Crippen MR) is 129 cm³/mol. The van der Waals surface area contributed by atoms with Gasteiger partial charge in [-0.1, -0.05) is 29.8 Å². The van der Waals surface area contributed by atoms with E-state index >= 15 is 0 Å². The van der Waals surface area contributed by atoms with Gasteiger partial charge in [0.2, 0.25) is 6.79 Å². The average molecular weight is 498 g/mol. The minimum absolute atomic E-state index is 0.144. The van der Waals surface area contributed by atoms with E-state index in [4.69, 9.17) is 25.8 Å². The first-order chi connectivity index (χ1) is 16.4. The summed E-state index contributed by atoms with van der Waals surface area (Å²) in [6, 6.07) is 14.4. The maximum Gasteiger partial charge on any atom is 0.349 e. The minimum atomic E-state index is -0.996. The highest BCUT2D eigenvalue weighted by Gasteiger charge is 2.23. The lowest BCUT2D eigenvalue weighted by atomic mass is 10.2. The Labute approximate surface area is 204 Å². The Kier molecular flexibility index (Phi) is 5.89. The molecule has 174 valence electrons. The monoisotopic (exact) mass is 497 g/mol. The van der Waals surface area contributed by atoms with Crippen molar-refractivity contribution in [3.63, 3.8) is 0 Å². The van der Waals surface area contributed by atoms with E-state index in [9.17, 15) is 9.59 Å². The summed E-state index contributed by atoms with van der Waals surface area (Å²) in [4.78, 5) is 26.6. The summed E-state index contributed by atoms with van der Waals surface area (Å²) in [6.45, 7) is 4.03. The van der Waals surface area contributed by atoms with Gasteiger partial charge in [-0.3, -0.25) is 9.48 Å². The lowest BCUT2D eigenvalue weighted by molar-refractivity contribution is -0.123. The van der Waals surface area contributed by atoms with Crippen LogP contribution in [0, 0.1) is 6.92 Å². The summed E-state index contributed by atoms with van der Waals surface area (Å²) in [6.07, 6.45) is -0.996. The number of aryl methyl sites for hydroxylation is 1. The maximum absolute atomic E-state index is 12.8. The number of fused-ring (bicyclic) bond motifs is 2. The number of ether oxygens (including phenoxy) is 3. The van der Waals surface area contributed by atoms with Crippen LogP contribution >= 0.6 is 22.9 Å². The molecule has 2 aromatic carbocycles. The Morgan fingerprint density at radius 2 is 2.00 bits per heavy atom. The van der Waals surface area contributed by atoms with Crippen molar-refractivity contribution in [1.29, 1.82) is 0 Å². The van der Waals surface area contributed by atoms with Gasteiger partial charge in [0, 0.05) is 22.2 Å². The number of benzene rings is 2. The van der Waals surface area contributed by atoms with Crippen molar-refractivity contribution >= 4 is 50.7 Å². The summed E-state index contributed by atoms with van der Waals surface area (Å²) < 4.78 is 17.8. The number of carbonyl (C=O) groups excluding carboxylic acids is 2. The third-order valence-electron chi connectivity index (χ3n) is 5.38. The van der Waals surface area contributed by atoms with Gasteiger partial charge < -0.3 is 19.5 Å². The fraction of sp³-hybridized carbons (Fsp3) is 0.208. The SMILES string of the molecule is Cc1nn(Cc2ccccc2Cl)c2sc(C(=O)O[C@@H](C)C(=O)Nc3ccc4c(c3)OCO4)cc12. The number of hydrogen-bond acceptors (Lipinski definition) is 7. The molecule has 8 nitrogen and oxygen atoms in total. The number of nitrogens with zero attached hydrogens (tertiary/aromatic N) is 2. The number of amides is 1. The Hall–Kier alpha value is -3.56. The highest BCUT2D eigenvalue weighted by atomic mass is 35.5. The zero-order valence-corrected chi connectivity index (χ0v) is 19.9. The number of esters is 1. The van der Waals surface area contributed by atoms with E-state index in [0.29, 0.717) is 33.6 Å². The van der Waals surface area contributed by atoms with Crippen LogP contribution in [0.1, 0.15) is 27.9 Å². The van der Waals surface area contributed by atoms with Crippen LogP contribution in [0.25, 0.3) is 10.2 Å². The van der Waals surface area contributed by atoms with E-state index in [1.54, 1.807) is 24.3 Å². The minimum Gasteiger partial charge on any atom is -0.454 e. The molecule has 5 rings (SSSR count). The number of aromatic nitrogens is 2. The standard InChI is InChI=1S/C24H20ClN3O5S/c1-13-17-10-21(34-23(17)28(27-13)11-15-5-3-4-6-18(15)25)24(30)33-14(2)22(29)26-16-7-8-19-20(9-16)32-12-31-19/h3-10,14H,11-12H2,1-2H3,(H,26,29)/t14-/m0/s1.